The number of amides is 2. The zero-order valence-corrected chi connectivity index (χ0v) is 13.8. The van der Waals surface area contributed by atoms with E-state index in [0.29, 0.717) is 0 Å². The highest BCUT2D eigenvalue weighted by molar-refractivity contribution is 5.96. The summed E-state index contributed by atoms with van der Waals surface area (Å²) in [7, 11) is 0. The third-order valence-electron chi connectivity index (χ3n) is 3.14. The van der Waals surface area contributed by atoms with Crippen LogP contribution in [0.15, 0.2) is 24.3 Å². The predicted molar refractivity (Wildman–Crippen MR) is 82.8 cm³/mol. The number of halogens is 3. The minimum Gasteiger partial charge on any atom is -0.480 e. The van der Waals surface area contributed by atoms with Crippen LogP contribution in [0.4, 0.5) is 13.2 Å². The Kier molecular flexibility index (Phi) is 6.96. The molecule has 0 bridgehead atoms. The van der Waals surface area contributed by atoms with E-state index in [1.54, 1.807) is 0 Å². The highest BCUT2D eigenvalue weighted by Gasteiger charge is 2.30. The zero-order chi connectivity index (χ0) is 19.2. The third-order valence-corrected chi connectivity index (χ3v) is 3.14. The van der Waals surface area contributed by atoms with Crippen molar-refractivity contribution < 1.29 is 32.7 Å². The normalized spacial score (nSPS) is 11.3. The molecule has 0 aliphatic rings. The SMILES string of the molecule is CC(C)CN(CC(=O)O)C(=O)CNC(=O)c1ccc(C(F)(F)F)cc1. The lowest BCUT2D eigenvalue weighted by Crippen LogP contribution is -2.44. The molecule has 0 radical (unpaired) electrons. The van der Waals surface area contributed by atoms with Gasteiger partial charge in [0.15, 0.2) is 0 Å². The van der Waals surface area contributed by atoms with Crippen molar-refractivity contribution in [3.63, 3.8) is 0 Å². The van der Waals surface area contributed by atoms with Crippen LogP contribution in [0, 0.1) is 5.92 Å². The molecule has 0 saturated carbocycles. The Morgan fingerprint density at radius 1 is 1.16 bits per heavy atom. The molecule has 0 spiro atoms. The van der Waals surface area contributed by atoms with Gasteiger partial charge in [-0.25, -0.2) is 0 Å². The molecule has 0 saturated heterocycles. The summed E-state index contributed by atoms with van der Waals surface area (Å²) in [6.07, 6.45) is -4.50. The summed E-state index contributed by atoms with van der Waals surface area (Å²) in [5.41, 5.74) is -0.917. The number of aliphatic carboxylic acids is 1. The number of benzene rings is 1. The predicted octanol–water partition coefficient (Wildman–Crippen LogP) is 2.00. The Balaban J connectivity index is 2.67. The van der Waals surface area contributed by atoms with E-state index < -0.39 is 42.6 Å². The fourth-order valence-corrected chi connectivity index (χ4v) is 2.04. The molecule has 0 aliphatic heterocycles. The molecule has 1 aromatic rings. The summed E-state index contributed by atoms with van der Waals surface area (Å²) < 4.78 is 37.4. The van der Waals surface area contributed by atoms with E-state index in [2.05, 4.69) is 5.32 Å². The first kappa shape index (κ1) is 20.5. The van der Waals surface area contributed by atoms with Gasteiger partial charge >= 0.3 is 12.1 Å². The molecule has 25 heavy (non-hydrogen) atoms. The molecule has 0 unspecified atom stereocenters. The molecule has 6 nitrogen and oxygen atoms in total. The van der Waals surface area contributed by atoms with Gasteiger partial charge in [0.05, 0.1) is 12.1 Å². The van der Waals surface area contributed by atoms with Crippen LogP contribution in [-0.2, 0) is 15.8 Å². The van der Waals surface area contributed by atoms with Gasteiger partial charge in [-0.05, 0) is 30.2 Å². The topological polar surface area (TPSA) is 86.7 Å². The van der Waals surface area contributed by atoms with Gasteiger partial charge in [-0.15, -0.1) is 0 Å². The molecule has 0 aromatic heterocycles. The third kappa shape index (κ3) is 6.82. The fourth-order valence-electron chi connectivity index (χ4n) is 2.04. The standard InChI is InChI=1S/C16H19F3N2O4/c1-10(2)8-21(9-14(23)24)13(22)7-20-15(25)11-3-5-12(6-4-11)16(17,18)19/h3-6,10H,7-9H2,1-2H3,(H,20,25)(H,23,24). The number of rotatable bonds is 7. The maximum absolute atomic E-state index is 12.5. The quantitative estimate of drug-likeness (QED) is 0.779. The highest BCUT2D eigenvalue weighted by atomic mass is 19.4. The smallest absolute Gasteiger partial charge is 0.416 e. The molecule has 1 rings (SSSR count). The number of carbonyl (C=O) groups excluding carboxylic acids is 2. The zero-order valence-electron chi connectivity index (χ0n) is 13.8. The first-order valence-electron chi connectivity index (χ1n) is 7.45. The fraction of sp³-hybridized carbons (Fsp3) is 0.438. The minimum atomic E-state index is -4.50. The summed E-state index contributed by atoms with van der Waals surface area (Å²) in [4.78, 5) is 35.8. The number of carboxylic acids is 1. The van der Waals surface area contributed by atoms with Gasteiger partial charge < -0.3 is 15.3 Å². The average Bonchev–Trinajstić information content (AvgIpc) is 2.50. The summed E-state index contributed by atoms with van der Waals surface area (Å²) in [5.74, 6) is -2.45. The summed E-state index contributed by atoms with van der Waals surface area (Å²) in [6, 6.07) is 3.55. The van der Waals surface area contributed by atoms with Crippen LogP contribution in [0.25, 0.3) is 0 Å². The lowest BCUT2D eigenvalue weighted by Gasteiger charge is -2.22. The largest absolute Gasteiger partial charge is 0.480 e. The van der Waals surface area contributed by atoms with Crippen molar-refractivity contribution in [2.24, 2.45) is 5.92 Å². The van der Waals surface area contributed by atoms with Gasteiger partial charge in [0.2, 0.25) is 5.91 Å². The van der Waals surface area contributed by atoms with Crippen LogP contribution < -0.4 is 5.32 Å². The van der Waals surface area contributed by atoms with Crippen molar-refractivity contribution in [1.29, 1.82) is 0 Å². The van der Waals surface area contributed by atoms with Crippen molar-refractivity contribution in [3.8, 4) is 0 Å². The van der Waals surface area contributed by atoms with E-state index in [1.165, 1.54) is 0 Å². The van der Waals surface area contributed by atoms with Gasteiger partial charge in [-0.2, -0.15) is 13.2 Å². The van der Waals surface area contributed by atoms with Crippen LogP contribution in [0.5, 0.6) is 0 Å². The van der Waals surface area contributed by atoms with E-state index in [-0.39, 0.29) is 18.0 Å². The molecule has 0 aliphatic carbocycles. The number of carbonyl (C=O) groups is 3. The first-order valence-corrected chi connectivity index (χ1v) is 7.45. The number of nitrogens with one attached hydrogen (secondary N) is 1. The van der Waals surface area contributed by atoms with Crippen LogP contribution in [-0.4, -0.2) is 47.4 Å². The molecule has 9 heteroatoms. The summed E-state index contributed by atoms with van der Waals surface area (Å²) >= 11 is 0. The molecule has 138 valence electrons. The molecule has 2 N–H and O–H groups in total. The van der Waals surface area contributed by atoms with E-state index in [4.69, 9.17) is 5.11 Å². The van der Waals surface area contributed by atoms with Gasteiger partial charge in [0, 0.05) is 12.1 Å². The summed E-state index contributed by atoms with van der Waals surface area (Å²) in [5, 5.41) is 11.1. The Bertz CT molecular complexity index is 627. The second-order valence-corrected chi connectivity index (χ2v) is 5.82. The Morgan fingerprint density at radius 3 is 2.16 bits per heavy atom. The van der Waals surface area contributed by atoms with Crippen LogP contribution in [0.3, 0.4) is 0 Å². The monoisotopic (exact) mass is 360 g/mol. The number of nitrogens with zero attached hydrogens (tertiary/aromatic N) is 1. The van der Waals surface area contributed by atoms with Gasteiger partial charge in [0.1, 0.15) is 6.54 Å². The van der Waals surface area contributed by atoms with Crippen molar-refractivity contribution in [3.05, 3.63) is 35.4 Å². The van der Waals surface area contributed by atoms with Crippen LogP contribution >= 0.6 is 0 Å². The Morgan fingerprint density at radius 2 is 1.72 bits per heavy atom. The van der Waals surface area contributed by atoms with Crippen molar-refractivity contribution >= 4 is 17.8 Å². The maximum Gasteiger partial charge on any atom is 0.416 e. The highest BCUT2D eigenvalue weighted by Crippen LogP contribution is 2.29. The second-order valence-electron chi connectivity index (χ2n) is 5.82. The molecular weight excluding hydrogens is 341 g/mol. The molecule has 0 atom stereocenters. The Labute approximate surface area is 142 Å². The van der Waals surface area contributed by atoms with Crippen molar-refractivity contribution in [1.82, 2.24) is 10.2 Å². The molecule has 0 heterocycles. The van der Waals surface area contributed by atoms with E-state index in [0.717, 1.165) is 29.2 Å². The maximum atomic E-state index is 12.5. The van der Waals surface area contributed by atoms with Crippen molar-refractivity contribution in [2.75, 3.05) is 19.6 Å². The second kappa shape index (κ2) is 8.50. The van der Waals surface area contributed by atoms with Crippen LogP contribution in [0.2, 0.25) is 0 Å². The lowest BCUT2D eigenvalue weighted by molar-refractivity contribution is -0.144. The number of hydrogen-bond donors (Lipinski definition) is 2. The van der Waals surface area contributed by atoms with E-state index in [1.807, 2.05) is 13.8 Å². The number of hydrogen-bond acceptors (Lipinski definition) is 3. The minimum absolute atomic E-state index is 0.0329. The molecule has 2 amide bonds. The Hall–Kier alpha value is -2.58. The van der Waals surface area contributed by atoms with Gasteiger partial charge in [0.25, 0.3) is 5.91 Å². The number of alkyl halides is 3. The van der Waals surface area contributed by atoms with Gasteiger partial charge in [-0.3, -0.25) is 14.4 Å². The molecular formula is C16H19F3N2O4. The average molecular weight is 360 g/mol. The molecule has 0 fully saturated rings. The van der Waals surface area contributed by atoms with Crippen LogP contribution in [0.1, 0.15) is 29.8 Å². The lowest BCUT2D eigenvalue weighted by atomic mass is 10.1. The van der Waals surface area contributed by atoms with E-state index >= 15 is 0 Å². The molecule has 1 aromatic carbocycles. The number of carboxylic acid groups (broad SMARTS) is 1. The van der Waals surface area contributed by atoms with Gasteiger partial charge in [-0.1, -0.05) is 13.8 Å². The summed E-state index contributed by atoms with van der Waals surface area (Å²) in [6.45, 7) is 2.89. The first-order chi connectivity index (χ1) is 11.5. The van der Waals surface area contributed by atoms with Crippen molar-refractivity contribution in [2.45, 2.75) is 20.0 Å². The van der Waals surface area contributed by atoms with E-state index in [9.17, 15) is 27.6 Å².